The molecule has 0 bridgehead atoms. The maximum atomic E-state index is 12.9. The highest BCUT2D eigenvalue weighted by molar-refractivity contribution is 8.01. The van der Waals surface area contributed by atoms with E-state index in [0.29, 0.717) is 35.3 Å². The van der Waals surface area contributed by atoms with E-state index in [2.05, 4.69) is 5.32 Å². The molecule has 2 aliphatic heterocycles. The van der Waals surface area contributed by atoms with Crippen LogP contribution < -0.4 is 14.8 Å². The van der Waals surface area contributed by atoms with E-state index in [4.69, 9.17) is 21.1 Å². The number of hydrogen-bond donors (Lipinski definition) is 1. The van der Waals surface area contributed by atoms with Crippen LogP contribution in [0.5, 0.6) is 11.5 Å². The van der Waals surface area contributed by atoms with Crippen molar-refractivity contribution in [1.82, 2.24) is 4.90 Å². The molecule has 0 saturated heterocycles. The second-order valence-electron chi connectivity index (χ2n) is 6.98. The molecule has 0 spiro atoms. The summed E-state index contributed by atoms with van der Waals surface area (Å²) in [6.07, 6.45) is 0.897. The lowest BCUT2D eigenvalue weighted by Crippen LogP contribution is -2.40. The van der Waals surface area contributed by atoms with Crippen LogP contribution >= 0.6 is 23.4 Å². The van der Waals surface area contributed by atoms with Crippen LogP contribution in [0.3, 0.4) is 0 Å². The topological polar surface area (TPSA) is 67.9 Å². The molecular weight excluding hydrogens is 412 g/mol. The molecule has 2 heterocycles. The maximum Gasteiger partial charge on any atom is 0.238 e. The molecule has 1 atom stereocenters. The Labute approximate surface area is 178 Å². The van der Waals surface area contributed by atoms with Gasteiger partial charge in [0, 0.05) is 29.4 Å². The van der Waals surface area contributed by atoms with E-state index in [-0.39, 0.29) is 18.2 Å². The second-order valence-corrected chi connectivity index (χ2v) is 8.66. The predicted octanol–water partition coefficient (Wildman–Crippen LogP) is 3.75. The summed E-state index contributed by atoms with van der Waals surface area (Å²) in [5.41, 5.74) is 2.90. The van der Waals surface area contributed by atoms with Crippen LogP contribution in [0.4, 0.5) is 5.69 Å². The Bertz CT molecular complexity index is 981. The molecule has 0 fully saturated rings. The minimum Gasteiger partial charge on any atom is -0.493 e. The summed E-state index contributed by atoms with van der Waals surface area (Å²) in [5, 5.41) is 2.97. The van der Waals surface area contributed by atoms with Crippen LogP contribution in [0.1, 0.15) is 17.5 Å². The molecule has 1 N–H and O–H groups in total. The molecule has 2 amide bonds. The Hall–Kier alpha value is -2.38. The van der Waals surface area contributed by atoms with Gasteiger partial charge in [-0.25, -0.2) is 0 Å². The highest BCUT2D eigenvalue weighted by Crippen LogP contribution is 2.39. The number of ether oxygens (including phenoxy) is 2. The van der Waals surface area contributed by atoms with Crippen molar-refractivity contribution in [3.63, 3.8) is 0 Å². The van der Waals surface area contributed by atoms with Crippen LogP contribution in [0.2, 0.25) is 5.02 Å². The molecule has 29 heavy (non-hydrogen) atoms. The number of methoxy groups -OCH3 is 2. The van der Waals surface area contributed by atoms with Crippen molar-refractivity contribution < 1.29 is 19.1 Å². The van der Waals surface area contributed by atoms with Gasteiger partial charge in [-0.1, -0.05) is 11.6 Å². The van der Waals surface area contributed by atoms with E-state index in [9.17, 15) is 9.59 Å². The summed E-state index contributed by atoms with van der Waals surface area (Å²) in [5.74, 6) is 1.15. The Morgan fingerprint density at radius 1 is 1.21 bits per heavy atom. The quantitative estimate of drug-likeness (QED) is 0.797. The number of benzene rings is 2. The third-order valence-corrected chi connectivity index (χ3v) is 6.70. The van der Waals surface area contributed by atoms with Crippen molar-refractivity contribution in [3.8, 4) is 11.5 Å². The van der Waals surface area contributed by atoms with Gasteiger partial charge in [-0.15, -0.1) is 11.8 Å². The van der Waals surface area contributed by atoms with Gasteiger partial charge < -0.3 is 19.7 Å². The third kappa shape index (κ3) is 4.02. The summed E-state index contributed by atoms with van der Waals surface area (Å²) in [6, 6.07) is 9.28. The molecule has 2 aromatic carbocycles. The van der Waals surface area contributed by atoms with Gasteiger partial charge in [-0.05, 0) is 47.9 Å². The van der Waals surface area contributed by atoms with E-state index in [1.165, 1.54) is 11.8 Å². The molecule has 0 aliphatic carbocycles. The molecule has 1 unspecified atom stereocenters. The molecular formula is C21H21ClN2O4S. The van der Waals surface area contributed by atoms with Crippen LogP contribution in [0.25, 0.3) is 0 Å². The average molecular weight is 433 g/mol. The van der Waals surface area contributed by atoms with Gasteiger partial charge in [0.2, 0.25) is 11.8 Å². The highest BCUT2D eigenvalue weighted by atomic mass is 35.5. The van der Waals surface area contributed by atoms with Gasteiger partial charge in [0.15, 0.2) is 11.5 Å². The molecule has 152 valence electrons. The SMILES string of the molecule is COc1cc2c(cc1OC)CN(C(=O)CC1Sc3ccc(Cl)cc3NC1=O)CC2. The first-order valence-electron chi connectivity index (χ1n) is 9.27. The van der Waals surface area contributed by atoms with E-state index >= 15 is 0 Å². The predicted molar refractivity (Wildman–Crippen MR) is 113 cm³/mol. The van der Waals surface area contributed by atoms with E-state index in [1.807, 2.05) is 18.2 Å². The summed E-state index contributed by atoms with van der Waals surface area (Å²) < 4.78 is 10.7. The summed E-state index contributed by atoms with van der Waals surface area (Å²) in [4.78, 5) is 28.1. The lowest BCUT2D eigenvalue weighted by Gasteiger charge is -2.31. The Balaban J connectivity index is 1.46. The number of nitrogens with one attached hydrogen (secondary N) is 1. The number of anilines is 1. The van der Waals surface area contributed by atoms with Gasteiger partial charge in [0.1, 0.15) is 0 Å². The van der Waals surface area contributed by atoms with Gasteiger partial charge in [-0.3, -0.25) is 9.59 Å². The van der Waals surface area contributed by atoms with Crippen molar-refractivity contribution >= 4 is 40.9 Å². The maximum absolute atomic E-state index is 12.9. The van der Waals surface area contributed by atoms with Gasteiger partial charge in [0.25, 0.3) is 0 Å². The lowest BCUT2D eigenvalue weighted by atomic mass is 9.98. The van der Waals surface area contributed by atoms with Crippen molar-refractivity contribution in [3.05, 3.63) is 46.5 Å². The minimum atomic E-state index is -0.456. The van der Waals surface area contributed by atoms with Crippen molar-refractivity contribution in [2.75, 3.05) is 26.1 Å². The molecule has 4 rings (SSSR count). The fourth-order valence-electron chi connectivity index (χ4n) is 3.64. The zero-order valence-corrected chi connectivity index (χ0v) is 17.7. The fraction of sp³-hybridized carbons (Fsp3) is 0.333. The third-order valence-electron chi connectivity index (χ3n) is 5.19. The monoisotopic (exact) mass is 432 g/mol. The number of carbonyl (C=O) groups excluding carboxylic acids is 2. The van der Waals surface area contributed by atoms with Crippen LogP contribution in [-0.2, 0) is 22.6 Å². The van der Waals surface area contributed by atoms with E-state index in [1.54, 1.807) is 31.3 Å². The zero-order chi connectivity index (χ0) is 20.5. The van der Waals surface area contributed by atoms with Crippen molar-refractivity contribution in [1.29, 1.82) is 0 Å². The van der Waals surface area contributed by atoms with Gasteiger partial charge >= 0.3 is 0 Å². The summed E-state index contributed by atoms with van der Waals surface area (Å²) in [7, 11) is 3.21. The highest BCUT2D eigenvalue weighted by Gasteiger charge is 2.32. The van der Waals surface area contributed by atoms with Crippen molar-refractivity contribution in [2.45, 2.75) is 29.5 Å². The fourth-order valence-corrected chi connectivity index (χ4v) is 4.89. The Morgan fingerprint density at radius 3 is 2.66 bits per heavy atom. The van der Waals surface area contributed by atoms with E-state index in [0.717, 1.165) is 22.4 Å². The first kappa shape index (κ1) is 19.9. The number of thioether (sulfide) groups is 1. The molecule has 0 aromatic heterocycles. The molecule has 2 aromatic rings. The second kappa shape index (κ2) is 8.16. The standard InChI is InChI=1S/C21H21ClN2O4S/c1-27-16-7-12-5-6-24(11-13(12)8-17(16)28-2)20(25)10-19-21(26)23-15-9-14(22)3-4-18(15)29-19/h3-4,7-9,19H,5-6,10-11H2,1-2H3,(H,23,26). The summed E-state index contributed by atoms with van der Waals surface area (Å²) >= 11 is 7.40. The largest absolute Gasteiger partial charge is 0.493 e. The summed E-state index contributed by atoms with van der Waals surface area (Å²) in [6.45, 7) is 1.12. The molecule has 0 saturated carbocycles. The number of carbonyl (C=O) groups is 2. The normalized spacial score (nSPS) is 17.8. The smallest absolute Gasteiger partial charge is 0.238 e. The molecule has 0 radical (unpaired) electrons. The Morgan fingerprint density at radius 2 is 1.93 bits per heavy atom. The first-order valence-corrected chi connectivity index (χ1v) is 10.5. The minimum absolute atomic E-state index is 0.0319. The molecule has 8 heteroatoms. The number of hydrogen-bond acceptors (Lipinski definition) is 5. The van der Waals surface area contributed by atoms with Crippen LogP contribution in [0, 0.1) is 0 Å². The van der Waals surface area contributed by atoms with Crippen LogP contribution in [-0.4, -0.2) is 42.7 Å². The zero-order valence-electron chi connectivity index (χ0n) is 16.2. The number of rotatable bonds is 4. The van der Waals surface area contributed by atoms with E-state index < -0.39 is 5.25 Å². The number of fused-ring (bicyclic) bond motifs is 2. The average Bonchev–Trinajstić information content (AvgIpc) is 2.72. The first-order chi connectivity index (χ1) is 14.0. The van der Waals surface area contributed by atoms with Gasteiger partial charge in [0.05, 0.1) is 25.2 Å². The number of nitrogens with zero attached hydrogens (tertiary/aromatic N) is 1. The van der Waals surface area contributed by atoms with Gasteiger partial charge in [-0.2, -0.15) is 0 Å². The number of halogens is 1. The van der Waals surface area contributed by atoms with Crippen LogP contribution in [0.15, 0.2) is 35.2 Å². The van der Waals surface area contributed by atoms with Crippen molar-refractivity contribution in [2.24, 2.45) is 0 Å². The Kier molecular flexibility index (Phi) is 5.61. The molecule has 2 aliphatic rings. The lowest BCUT2D eigenvalue weighted by molar-refractivity contribution is -0.133. The number of amides is 2. The molecule has 6 nitrogen and oxygen atoms in total.